The Morgan fingerprint density at radius 3 is 2.31 bits per heavy atom. The molecule has 3 aromatic carbocycles. The Labute approximate surface area is 186 Å². The van der Waals surface area contributed by atoms with Gasteiger partial charge in [-0.15, -0.1) is 0 Å². The molecule has 7 nitrogen and oxygen atoms in total. The molecular formula is C24H22N4O3S. The van der Waals surface area contributed by atoms with E-state index in [2.05, 4.69) is 15.1 Å². The number of sulfonamides is 1. The van der Waals surface area contributed by atoms with Crippen molar-refractivity contribution < 1.29 is 13.2 Å². The van der Waals surface area contributed by atoms with Crippen molar-refractivity contribution in [1.29, 1.82) is 0 Å². The minimum absolute atomic E-state index is 0.168. The second kappa shape index (κ2) is 8.68. The molecule has 0 atom stereocenters. The molecule has 4 aromatic rings. The van der Waals surface area contributed by atoms with Gasteiger partial charge in [0.05, 0.1) is 22.5 Å². The van der Waals surface area contributed by atoms with Gasteiger partial charge in [-0.05, 0) is 73.5 Å². The average molecular weight is 447 g/mol. The van der Waals surface area contributed by atoms with E-state index in [0.29, 0.717) is 16.9 Å². The number of nitrogens with zero attached hydrogens (tertiary/aromatic N) is 2. The molecule has 0 unspecified atom stereocenters. The van der Waals surface area contributed by atoms with Crippen LogP contribution in [0.5, 0.6) is 0 Å². The molecule has 2 N–H and O–H groups in total. The van der Waals surface area contributed by atoms with Gasteiger partial charge in [0.1, 0.15) is 0 Å². The molecule has 0 fully saturated rings. The van der Waals surface area contributed by atoms with E-state index in [4.69, 9.17) is 0 Å². The third-order valence-corrected chi connectivity index (χ3v) is 6.28. The lowest BCUT2D eigenvalue weighted by atomic mass is 10.1. The Morgan fingerprint density at radius 1 is 0.938 bits per heavy atom. The van der Waals surface area contributed by atoms with Gasteiger partial charge in [-0.3, -0.25) is 9.52 Å². The van der Waals surface area contributed by atoms with E-state index in [1.807, 2.05) is 25.3 Å². The van der Waals surface area contributed by atoms with E-state index in [9.17, 15) is 13.2 Å². The normalized spacial score (nSPS) is 11.2. The SMILES string of the molecule is Cc1cnn(-c2ccc(C(=O)Nc3ccc(C)c(NS(=O)(=O)c4ccccc4)c3)cc2)c1. The lowest BCUT2D eigenvalue weighted by molar-refractivity contribution is 0.102. The van der Waals surface area contributed by atoms with Crippen LogP contribution in [-0.2, 0) is 10.0 Å². The van der Waals surface area contributed by atoms with Crippen molar-refractivity contribution in [2.24, 2.45) is 0 Å². The fourth-order valence-corrected chi connectivity index (χ4v) is 4.28. The van der Waals surface area contributed by atoms with Crippen LogP contribution in [0.3, 0.4) is 0 Å². The predicted molar refractivity (Wildman–Crippen MR) is 125 cm³/mol. The summed E-state index contributed by atoms with van der Waals surface area (Å²) >= 11 is 0. The summed E-state index contributed by atoms with van der Waals surface area (Å²) in [6, 6.07) is 20.3. The molecule has 0 saturated heterocycles. The quantitative estimate of drug-likeness (QED) is 0.455. The van der Waals surface area contributed by atoms with E-state index < -0.39 is 10.0 Å². The highest BCUT2D eigenvalue weighted by molar-refractivity contribution is 7.92. The third-order valence-electron chi connectivity index (χ3n) is 4.90. The van der Waals surface area contributed by atoms with E-state index >= 15 is 0 Å². The summed E-state index contributed by atoms with van der Waals surface area (Å²) in [5.74, 6) is -0.297. The zero-order valence-electron chi connectivity index (χ0n) is 17.6. The summed E-state index contributed by atoms with van der Waals surface area (Å²) < 4.78 is 29.6. The maximum atomic E-state index is 12.7. The Bertz CT molecular complexity index is 1360. The lowest BCUT2D eigenvalue weighted by Gasteiger charge is -2.13. The summed E-state index contributed by atoms with van der Waals surface area (Å²) in [6.07, 6.45) is 3.67. The monoisotopic (exact) mass is 446 g/mol. The first-order valence-electron chi connectivity index (χ1n) is 9.93. The molecule has 0 aliphatic heterocycles. The topological polar surface area (TPSA) is 93.1 Å². The molecule has 0 radical (unpaired) electrons. The van der Waals surface area contributed by atoms with Crippen LogP contribution in [0.1, 0.15) is 21.5 Å². The van der Waals surface area contributed by atoms with Crippen LogP contribution in [-0.4, -0.2) is 24.1 Å². The average Bonchev–Trinajstić information content (AvgIpc) is 3.23. The highest BCUT2D eigenvalue weighted by atomic mass is 32.2. The zero-order valence-corrected chi connectivity index (χ0v) is 18.4. The maximum absolute atomic E-state index is 12.7. The van der Waals surface area contributed by atoms with Gasteiger partial charge in [0, 0.05) is 17.4 Å². The van der Waals surface area contributed by atoms with Crippen LogP contribution in [0, 0.1) is 13.8 Å². The smallest absolute Gasteiger partial charge is 0.261 e. The van der Waals surface area contributed by atoms with Crippen LogP contribution >= 0.6 is 0 Å². The molecule has 0 spiro atoms. The van der Waals surface area contributed by atoms with Crippen LogP contribution in [0.4, 0.5) is 11.4 Å². The van der Waals surface area contributed by atoms with Crippen molar-refractivity contribution >= 4 is 27.3 Å². The summed E-state index contributed by atoms with van der Waals surface area (Å²) in [5.41, 5.74) is 3.99. The Balaban J connectivity index is 1.50. The van der Waals surface area contributed by atoms with E-state index in [0.717, 1.165) is 16.8 Å². The van der Waals surface area contributed by atoms with Crippen molar-refractivity contribution in [3.63, 3.8) is 0 Å². The highest BCUT2D eigenvalue weighted by Crippen LogP contribution is 2.24. The predicted octanol–water partition coefficient (Wildman–Crippen LogP) is 4.54. The van der Waals surface area contributed by atoms with Crippen LogP contribution < -0.4 is 10.0 Å². The van der Waals surface area contributed by atoms with Crippen molar-refractivity contribution in [2.45, 2.75) is 18.7 Å². The molecule has 32 heavy (non-hydrogen) atoms. The molecule has 0 saturated carbocycles. The molecule has 8 heteroatoms. The van der Waals surface area contributed by atoms with Gasteiger partial charge < -0.3 is 5.32 Å². The molecule has 4 rings (SSSR count). The van der Waals surface area contributed by atoms with E-state index in [1.54, 1.807) is 66.3 Å². The lowest BCUT2D eigenvalue weighted by Crippen LogP contribution is -2.15. The zero-order chi connectivity index (χ0) is 22.7. The number of hydrogen-bond donors (Lipinski definition) is 2. The number of amides is 1. The number of benzene rings is 3. The fraction of sp³-hybridized carbons (Fsp3) is 0.0833. The first-order chi connectivity index (χ1) is 15.3. The number of carbonyl (C=O) groups excluding carboxylic acids is 1. The van der Waals surface area contributed by atoms with Gasteiger partial charge in [-0.1, -0.05) is 24.3 Å². The van der Waals surface area contributed by atoms with E-state index in [1.165, 1.54) is 12.1 Å². The Hall–Kier alpha value is -3.91. The molecule has 1 amide bonds. The van der Waals surface area contributed by atoms with Gasteiger partial charge in [0.25, 0.3) is 15.9 Å². The van der Waals surface area contributed by atoms with Gasteiger partial charge in [-0.25, -0.2) is 13.1 Å². The summed E-state index contributed by atoms with van der Waals surface area (Å²) in [5, 5.41) is 7.08. The van der Waals surface area contributed by atoms with Gasteiger partial charge in [-0.2, -0.15) is 5.10 Å². The largest absolute Gasteiger partial charge is 0.322 e. The molecule has 0 bridgehead atoms. The Morgan fingerprint density at radius 2 is 1.66 bits per heavy atom. The molecule has 1 aromatic heterocycles. The second-order valence-electron chi connectivity index (χ2n) is 7.41. The van der Waals surface area contributed by atoms with Crippen molar-refractivity contribution in [3.8, 4) is 5.69 Å². The Kier molecular flexibility index (Phi) is 5.79. The van der Waals surface area contributed by atoms with Gasteiger partial charge >= 0.3 is 0 Å². The minimum Gasteiger partial charge on any atom is -0.322 e. The van der Waals surface area contributed by atoms with Gasteiger partial charge in [0.15, 0.2) is 0 Å². The van der Waals surface area contributed by atoms with Crippen LogP contribution in [0.2, 0.25) is 0 Å². The molecular weight excluding hydrogens is 424 g/mol. The number of anilines is 2. The molecule has 0 aliphatic carbocycles. The number of carbonyl (C=O) groups is 1. The number of nitrogens with one attached hydrogen (secondary N) is 2. The summed E-state index contributed by atoms with van der Waals surface area (Å²) in [7, 11) is -3.73. The summed E-state index contributed by atoms with van der Waals surface area (Å²) in [6.45, 7) is 3.76. The number of rotatable bonds is 6. The molecule has 0 aliphatic rings. The third kappa shape index (κ3) is 4.70. The minimum atomic E-state index is -3.73. The standard InChI is InChI=1S/C24H22N4O3S/c1-17-15-25-28(16-17)21-12-9-19(10-13-21)24(29)26-20-11-8-18(2)23(14-20)27-32(30,31)22-6-4-3-5-7-22/h3-16,27H,1-2H3,(H,26,29). The van der Waals surface area contributed by atoms with E-state index in [-0.39, 0.29) is 10.8 Å². The van der Waals surface area contributed by atoms with Crippen molar-refractivity contribution in [3.05, 3.63) is 102 Å². The number of aromatic nitrogens is 2. The molecule has 162 valence electrons. The second-order valence-corrected chi connectivity index (χ2v) is 9.09. The van der Waals surface area contributed by atoms with Crippen molar-refractivity contribution in [2.75, 3.05) is 10.0 Å². The fourth-order valence-electron chi connectivity index (χ4n) is 3.14. The van der Waals surface area contributed by atoms with Crippen LogP contribution in [0.25, 0.3) is 5.69 Å². The number of hydrogen-bond acceptors (Lipinski definition) is 4. The number of aryl methyl sites for hydroxylation is 2. The maximum Gasteiger partial charge on any atom is 0.261 e. The first kappa shape index (κ1) is 21.3. The van der Waals surface area contributed by atoms with Gasteiger partial charge in [0.2, 0.25) is 0 Å². The highest BCUT2D eigenvalue weighted by Gasteiger charge is 2.15. The molecule has 1 heterocycles. The van der Waals surface area contributed by atoms with Crippen molar-refractivity contribution in [1.82, 2.24) is 9.78 Å². The first-order valence-corrected chi connectivity index (χ1v) is 11.4. The summed E-state index contributed by atoms with van der Waals surface area (Å²) in [4.78, 5) is 12.9. The van der Waals surface area contributed by atoms with Crippen LogP contribution in [0.15, 0.2) is 90.1 Å².